The SMILES string of the molecule is NCC(F)(F)CNC(=O)c1cccn1C1CCC1. The summed E-state index contributed by atoms with van der Waals surface area (Å²) in [7, 11) is 0. The average Bonchev–Trinajstić information content (AvgIpc) is 2.73. The number of nitrogens with two attached hydrogens (primary N) is 1. The number of carbonyl (C=O) groups excluding carboxylic acids is 1. The second-order valence-electron chi connectivity index (χ2n) is 4.63. The Morgan fingerprint density at radius 3 is 2.83 bits per heavy atom. The van der Waals surface area contributed by atoms with Crippen LogP contribution in [0.5, 0.6) is 0 Å². The summed E-state index contributed by atoms with van der Waals surface area (Å²) in [4.78, 5) is 11.8. The first kappa shape index (κ1) is 13.0. The highest BCUT2D eigenvalue weighted by molar-refractivity contribution is 5.92. The molecule has 1 aliphatic rings. The van der Waals surface area contributed by atoms with E-state index in [0.29, 0.717) is 11.7 Å². The molecular formula is C12H17F2N3O. The third-order valence-electron chi connectivity index (χ3n) is 3.29. The molecule has 0 radical (unpaired) electrons. The van der Waals surface area contributed by atoms with E-state index in [2.05, 4.69) is 5.32 Å². The average molecular weight is 257 g/mol. The molecule has 6 heteroatoms. The van der Waals surface area contributed by atoms with Crippen LogP contribution < -0.4 is 11.1 Å². The van der Waals surface area contributed by atoms with E-state index in [9.17, 15) is 13.6 Å². The van der Waals surface area contributed by atoms with Gasteiger partial charge < -0.3 is 15.6 Å². The van der Waals surface area contributed by atoms with Crippen LogP contribution in [0.15, 0.2) is 18.3 Å². The second kappa shape index (κ2) is 5.06. The highest BCUT2D eigenvalue weighted by Gasteiger charge is 2.28. The van der Waals surface area contributed by atoms with Gasteiger partial charge in [-0.1, -0.05) is 0 Å². The fourth-order valence-corrected chi connectivity index (χ4v) is 1.94. The molecule has 18 heavy (non-hydrogen) atoms. The molecule has 0 aliphatic heterocycles. The molecule has 1 heterocycles. The summed E-state index contributed by atoms with van der Waals surface area (Å²) in [6.07, 6.45) is 5.04. The van der Waals surface area contributed by atoms with Gasteiger partial charge in [0.1, 0.15) is 5.69 Å². The summed E-state index contributed by atoms with van der Waals surface area (Å²) in [5.41, 5.74) is 5.35. The molecule has 1 aromatic rings. The molecule has 1 fully saturated rings. The first-order valence-electron chi connectivity index (χ1n) is 6.06. The summed E-state index contributed by atoms with van der Waals surface area (Å²) in [5, 5.41) is 2.23. The minimum absolute atomic E-state index is 0.329. The maximum absolute atomic E-state index is 12.9. The van der Waals surface area contributed by atoms with Crippen molar-refractivity contribution in [3.8, 4) is 0 Å². The maximum atomic E-state index is 12.9. The van der Waals surface area contributed by atoms with Crippen LogP contribution in [0.1, 0.15) is 35.8 Å². The van der Waals surface area contributed by atoms with Gasteiger partial charge in [-0.15, -0.1) is 0 Å². The highest BCUT2D eigenvalue weighted by Crippen LogP contribution is 2.32. The number of amides is 1. The topological polar surface area (TPSA) is 60.0 Å². The normalized spacial score (nSPS) is 16.4. The van der Waals surface area contributed by atoms with E-state index < -0.39 is 24.9 Å². The first-order chi connectivity index (χ1) is 8.53. The van der Waals surface area contributed by atoms with Crippen LogP contribution in [0, 0.1) is 0 Å². The third-order valence-corrected chi connectivity index (χ3v) is 3.29. The molecule has 0 atom stereocenters. The van der Waals surface area contributed by atoms with Crippen molar-refractivity contribution in [2.75, 3.05) is 13.1 Å². The number of alkyl halides is 2. The van der Waals surface area contributed by atoms with Crippen LogP contribution in [0.3, 0.4) is 0 Å². The van der Waals surface area contributed by atoms with Crippen molar-refractivity contribution in [2.24, 2.45) is 5.73 Å². The zero-order chi connectivity index (χ0) is 13.2. The van der Waals surface area contributed by atoms with E-state index >= 15 is 0 Å². The third kappa shape index (κ3) is 2.69. The molecule has 1 aromatic heterocycles. The summed E-state index contributed by atoms with van der Waals surface area (Å²) >= 11 is 0. The number of hydrogen-bond acceptors (Lipinski definition) is 2. The number of hydrogen-bond donors (Lipinski definition) is 2. The molecule has 0 spiro atoms. The predicted molar refractivity (Wildman–Crippen MR) is 63.7 cm³/mol. The highest BCUT2D eigenvalue weighted by atomic mass is 19.3. The van der Waals surface area contributed by atoms with Crippen LogP contribution >= 0.6 is 0 Å². The van der Waals surface area contributed by atoms with Crippen LogP contribution in [0.25, 0.3) is 0 Å². The molecule has 4 nitrogen and oxygen atoms in total. The van der Waals surface area contributed by atoms with Crippen molar-refractivity contribution in [3.63, 3.8) is 0 Å². The van der Waals surface area contributed by atoms with Gasteiger partial charge in [0.05, 0.1) is 13.1 Å². The second-order valence-corrected chi connectivity index (χ2v) is 4.63. The Kier molecular flexibility index (Phi) is 3.65. The summed E-state index contributed by atoms with van der Waals surface area (Å²) in [6.45, 7) is -1.49. The van der Waals surface area contributed by atoms with Gasteiger partial charge in [0.2, 0.25) is 0 Å². The number of nitrogens with one attached hydrogen (secondary N) is 1. The lowest BCUT2D eigenvalue weighted by molar-refractivity contribution is 0.0117. The summed E-state index contributed by atoms with van der Waals surface area (Å²) < 4.78 is 27.8. The van der Waals surface area contributed by atoms with Gasteiger partial charge >= 0.3 is 0 Å². The Bertz CT molecular complexity index is 427. The number of aromatic nitrogens is 1. The molecule has 1 saturated carbocycles. The lowest BCUT2D eigenvalue weighted by Gasteiger charge is -2.28. The standard InChI is InChI=1S/C12H17F2N3O/c13-12(14,7-15)8-16-11(18)10-5-2-6-17(10)9-3-1-4-9/h2,5-6,9H,1,3-4,7-8,15H2,(H,16,18). The van der Waals surface area contributed by atoms with E-state index in [0.717, 1.165) is 19.3 Å². The Morgan fingerprint density at radius 1 is 1.56 bits per heavy atom. The molecule has 0 aromatic carbocycles. The van der Waals surface area contributed by atoms with Crippen molar-refractivity contribution in [1.82, 2.24) is 9.88 Å². The van der Waals surface area contributed by atoms with Crippen LogP contribution in [-0.4, -0.2) is 29.5 Å². The zero-order valence-corrected chi connectivity index (χ0v) is 10.0. The molecule has 1 amide bonds. The van der Waals surface area contributed by atoms with E-state index in [4.69, 9.17) is 5.73 Å². The quantitative estimate of drug-likeness (QED) is 0.840. The molecule has 3 N–H and O–H groups in total. The Hall–Kier alpha value is -1.43. The van der Waals surface area contributed by atoms with Gasteiger partial charge in [-0.25, -0.2) is 8.78 Å². The van der Waals surface area contributed by atoms with Gasteiger partial charge in [0.15, 0.2) is 0 Å². The largest absolute Gasteiger partial charge is 0.345 e. The van der Waals surface area contributed by atoms with Crippen molar-refractivity contribution in [1.29, 1.82) is 0 Å². The lowest BCUT2D eigenvalue weighted by Crippen LogP contribution is -2.42. The number of rotatable bonds is 5. The van der Waals surface area contributed by atoms with Crippen LogP contribution in [0.2, 0.25) is 0 Å². The number of nitrogens with zero attached hydrogens (tertiary/aromatic N) is 1. The lowest BCUT2D eigenvalue weighted by atomic mass is 9.93. The van der Waals surface area contributed by atoms with E-state index in [1.54, 1.807) is 12.1 Å². The van der Waals surface area contributed by atoms with Crippen molar-refractivity contribution >= 4 is 5.91 Å². The zero-order valence-electron chi connectivity index (χ0n) is 10.0. The van der Waals surface area contributed by atoms with Gasteiger partial charge in [-0.3, -0.25) is 4.79 Å². The molecule has 0 saturated heterocycles. The molecular weight excluding hydrogens is 240 g/mol. The molecule has 0 bridgehead atoms. The smallest absolute Gasteiger partial charge is 0.277 e. The van der Waals surface area contributed by atoms with Crippen molar-refractivity contribution in [3.05, 3.63) is 24.0 Å². The Balaban J connectivity index is 1.98. The van der Waals surface area contributed by atoms with Gasteiger partial charge in [0.25, 0.3) is 11.8 Å². The van der Waals surface area contributed by atoms with E-state index in [-0.39, 0.29) is 0 Å². The van der Waals surface area contributed by atoms with Gasteiger partial charge in [-0.2, -0.15) is 0 Å². The molecule has 100 valence electrons. The monoisotopic (exact) mass is 257 g/mol. The molecule has 1 aliphatic carbocycles. The number of carbonyl (C=O) groups is 1. The fourth-order valence-electron chi connectivity index (χ4n) is 1.94. The van der Waals surface area contributed by atoms with Crippen molar-refractivity contribution < 1.29 is 13.6 Å². The Labute approximate surface area is 104 Å². The van der Waals surface area contributed by atoms with Crippen LogP contribution in [-0.2, 0) is 0 Å². The van der Waals surface area contributed by atoms with E-state index in [1.165, 1.54) is 0 Å². The molecule has 0 unspecified atom stereocenters. The van der Waals surface area contributed by atoms with Crippen LogP contribution in [0.4, 0.5) is 8.78 Å². The fraction of sp³-hybridized carbons (Fsp3) is 0.583. The minimum atomic E-state index is -3.05. The maximum Gasteiger partial charge on any atom is 0.277 e. The summed E-state index contributed by atoms with van der Waals surface area (Å²) in [5.74, 6) is -3.52. The molecule has 2 rings (SSSR count). The Morgan fingerprint density at radius 2 is 2.28 bits per heavy atom. The minimum Gasteiger partial charge on any atom is -0.345 e. The van der Waals surface area contributed by atoms with Gasteiger partial charge in [-0.05, 0) is 31.4 Å². The number of halogens is 2. The first-order valence-corrected chi connectivity index (χ1v) is 6.06. The van der Waals surface area contributed by atoms with Gasteiger partial charge in [0, 0.05) is 12.2 Å². The van der Waals surface area contributed by atoms with E-state index in [1.807, 2.05) is 10.8 Å². The predicted octanol–water partition coefficient (Wildman–Crippen LogP) is 1.54. The summed E-state index contributed by atoms with van der Waals surface area (Å²) in [6, 6.07) is 3.73. The van der Waals surface area contributed by atoms with Crippen molar-refractivity contribution in [2.45, 2.75) is 31.2 Å².